The van der Waals surface area contributed by atoms with Crippen LogP contribution in [0.15, 0.2) is 21.9 Å². The number of nitrogens with one attached hydrogen (secondary N) is 1. The average Bonchev–Trinajstić information content (AvgIpc) is 2.19. The van der Waals surface area contributed by atoms with Crippen molar-refractivity contribution in [3.63, 3.8) is 0 Å². The molecule has 0 aliphatic carbocycles. The molecule has 0 atom stereocenters. The van der Waals surface area contributed by atoms with E-state index in [-0.39, 0.29) is 18.0 Å². The number of aromatic nitrogens is 2. The Hall–Kier alpha value is -1.85. The predicted molar refractivity (Wildman–Crippen MR) is 50.0 cm³/mol. The van der Waals surface area contributed by atoms with Crippen molar-refractivity contribution in [2.75, 3.05) is 7.05 Å². The Kier molecular flexibility index (Phi) is 2.85. The second-order valence-corrected chi connectivity index (χ2v) is 2.80. The number of rotatable bonds is 2. The third-order valence-corrected chi connectivity index (χ3v) is 1.85. The Morgan fingerprint density at radius 3 is 2.71 bits per heavy atom. The fourth-order valence-electron chi connectivity index (χ4n) is 0.970. The second-order valence-electron chi connectivity index (χ2n) is 2.80. The molecule has 0 bridgehead atoms. The molecule has 1 aromatic heterocycles. The summed E-state index contributed by atoms with van der Waals surface area (Å²) < 4.78 is 2.11. The lowest BCUT2D eigenvalue weighted by molar-refractivity contribution is -0.121. The number of likely N-dealkylation sites (N-methyl/N-ethyl adjacent to an activating group) is 1. The topological polar surface area (TPSA) is 73.1 Å². The molecule has 0 fully saturated rings. The number of hydrogen-bond donors (Lipinski definition) is 1. The monoisotopic (exact) mass is 197 g/mol. The quantitative estimate of drug-likeness (QED) is 0.613. The van der Waals surface area contributed by atoms with Crippen LogP contribution in [0.2, 0.25) is 0 Å². The summed E-state index contributed by atoms with van der Waals surface area (Å²) in [7, 11) is 2.85. The molecular weight excluding hydrogens is 186 g/mol. The number of carbonyl (C=O) groups excluding carboxylic acids is 1. The third-order valence-electron chi connectivity index (χ3n) is 1.85. The van der Waals surface area contributed by atoms with E-state index < -0.39 is 5.69 Å². The van der Waals surface area contributed by atoms with Crippen molar-refractivity contribution in [2.45, 2.75) is 6.54 Å². The minimum atomic E-state index is -0.499. The van der Waals surface area contributed by atoms with Crippen LogP contribution >= 0.6 is 0 Å². The molecule has 0 aliphatic rings. The van der Waals surface area contributed by atoms with E-state index in [4.69, 9.17) is 0 Å². The number of amides is 1. The predicted octanol–water partition coefficient (Wildman–Crippen LogP) is -1.71. The van der Waals surface area contributed by atoms with Crippen LogP contribution in [0.3, 0.4) is 0 Å². The van der Waals surface area contributed by atoms with E-state index in [0.717, 1.165) is 4.57 Å². The zero-order chi connectivity index (χ0) is 10.7. The SMILES string of the molecule is CNC(=O)Cn1ccc(=O)n(C)c1=O. The van der Waals surface area contributed by atoms with E-state index in [9.17, 15) is 14.4 Å². The van der Waals surface area contributed by atoms with Gasteiger partial charge in [0.1, 0.15) is 6.54 Å². The van der Waals surface area contributed by atoms with Gasteiger partial charge in [-0.2, -0.15) is 0 Å². The molecule has 0 aliphatic heterocycles. The summed E-state index contributed by atoms with van der Waals surface area (Å²) in [5.41, 5.74) is -0.885. The molecule has 1 rings (SSSR count). The summed E-state index contributed by atoms with van der Waals surface area (Å²) in [5.74, 6) is -0.286. The van der Waals surface area contributed by atoms with E-state index in [0.29, 0.717) is 0 Å². The Bertz CT molecular complexity index is 458. The molecule has 1 N–H and O–H groups in total. The van der Waals surface area contributed by atoms with Crippen LogP contribution in [0.4, 0.5) is 0 Å². The normalized spacial score (nSPS) is 9.86. The molecule has 1 heterocycles. The molecule has 0 saturated carbocycles. The molecule has 6 nitrogen and oxygen atoms in total. The van der Waals surface area contributed by atoms with Crippen LogP contribution in [0.5, 0.6) is 0 Å². The zero-order valence-electron chi connectivity index (χ0n) is 7.98. The lowest BCUT2D eigenvalue weighted by atomic mass is 10.5. The first-order valence-electron chi connectivity index (χ1n) is 4.03. The minimum absolute atomic E-state index is 0.0799. The van der Waals surface area contributed by atoms with Gasteiger partial charge in [0.05, 0.1) is 0 Å². The maximum atomic E-state index is 11.4. The average molecular weight is 197 g/mol. The molecule has 0 radical (unpaired) electrons. The molecular formula is C8H11N3O3. The number of nitrogens with zero attached hydrogens (tertiary/aromatic N) is 2. The third kappa shape index (κ3) is 1.90. The molecule has 0 spiro atoms. The van der Waals surface area contributed by atoms with E-state index in [1.165, 1.54) is 30.9 Å². The molecule has 1 amide bonds. The van der Waals surface area contributed by atoms with Crippen LogP contribution in [-0.4, -0.2) is 22.1 Å². The summed E-state index contributed by atoms with van der Waals surface area (Å²) in [6.07, 6.45) is 1.31. The Labute approximate surface area is 79.8 Å². The van der Waals surface area contributed by atoms with Gasteiger partial charge in [0.15, 0.2) is 0 Å². The van der Waals surface area contributed by atoms with E-state index >= 15 is 0 Å². The molecule has 0 aromatic carbocycles. The fourth-order valence-corrected chi connectivity index (χ4v) is 0.970. The van der Waals surface area contributed by atoms with Gasteiger partial charge >= 0.3 is 5.69 Å². The summed E-state index contributed by atoms with van der Waals surface area (Å²) in [6, 6.07) is 1.24. The van der Waals surface area contributed by atoms with E-state index in [1.54, 1.807) is 0 Å². The van der Waals surface area contributed by atoms with Gasteiger partial charge in [0, 0.05) is 26.4 Å². The first-order chi connectivity index (χ1) is 6.56. The van der Waals surface area contributed by atoms with Crippen LogP contribution in [0, 0.1) is 0 Å². The summed E-state index contributed by atoms with van der Waals surface area (Å²) in [4.78, 5) is 33.4. The highest BCUT2D eigenvalue weighted by molar-refractivity contribution is 5.75. The Morgan fingerprint density at radius 1 is 1.50 bits per heavy atom. The van der Waals surface area contributed by atoms with Gasteiger partial charge in [-0.1, -0.05) is 0 Å². The van der Waals surface area contributed by atoms with E-state index in [2.05, 4.69) is 5.32 Å². The highest BCUT2D eigenvalue weighted by Gasteiger charge is 2.04. The van der Waals surface area contributed by atoms with Gasteiger partial charge in [-0.05, 0) is 0 Å². The van der Waals surface area contributed by atoms with Crippen molar-refractivity contribution in [3.8, 4) is 0 Å². The van der Waals surface area contributed by atoms with Crippen LogP contribution in [-0.2, 0) is 18.4 Å². The van der Waals surface area contributed by atoms with Gasteiger partial charge in [-0.3, -0.25) is 18.7 Å². The molecule has 0 unspecified atom stereocenters. The zero-order valence-corrected chi connectivity index (χ0v) is 7.98. The van der Waals surface area contributed by atoms with Gasteiger partial charge in [0.25, 0.3) is 5.56 Å². The lowest BCUT2D eigenvalue weighted by Gasteiger charge is -2.04. The maximum absolute atomic E-state index is 11.4. The van der Waals surface area contributed by atoms with E-state index in [1.807, 2.05) is 0 Å². The summed E-state index contributed by atoms with van der Waals surface area (Å²) in [6.45, 7) is -0.0799. The van der Waals surface area contributed by atoms with Crippen molar-refractivity contribution in [3.05, 3.63) is 33.1 Å². The number of carbonyl (C=O) groups is 1. The van der Waals surface area contributed by atoms with Crippen LogP contribution in [0.1, 0.15) is 0 Å². The van der Waals surface area contributed by atoms with Crippen LogP contribution < -0.4 is 16.6 Å². The van der Waals surface area contributed by atoms with Crippen molar-refractivity contribution >= 4 is 5.91 Å². The molecule has 76 valence electrons. The van der Waals surface area contributed by atoms with Crippen LogP contribution in [0.25, 0.3) is 0 Å². The minimum Gasteiger partial charge on any atom is -0.358 e. The number of hydrogen-bond acceptors (Lipinski definition) is 3. The van der Waals surface area contributed by atoms with Crippen molar-refractivity contribution in [1.29, 1.82) is 0 Å². The Morgan fingerprint density at radius 2 is 2.14 bits per heavy atom. The standard InChI is InChI=1S/C8H11N3O3/c1-9-6(12)5-11-4-3-7(13)10(2)8(11)14/h3-4H,5H2,1-2H3,(H,9,12). The lowest BCUT2D eigenvalue weighted by Crippen LogP contribution is -2.39. The van der Waals surface area contributed by atoms with Gasteiger partial charge in [-0.25, -0.2) is 4.79 Å². The molecule has 6 heteroatoms. The highest BCUT2D eigenvalue weighted by atomic mass is 16.2. The Balaban J connectivity index is 3.13. The second kappa shape index (κ2) is 3.91. The fraction of sp³-hybridized carbons (Fsp3) is 0.375. The summed E-state index contributed by atoms with van der Waals surface area (Å²) >= 11 is 0. The molecule has 1 aromatic rings. The van der Waals surface area contributed by atoms with Crippen molar-refractivity contribution in [2.24, 2.45) is 7.05 Å². The van der Waals surface area contributed by atoms with Gasteiger partial charge in [-0.15, -0.1) is 0 Å². The smallest absolute Gasteiger partial charge is 0.331 e. The highest BCUT2D eigenvalue weighted by Crippen LogP contribution is 1.77. The van der Waals surface area contributed by atoms with Gasteiger partial charge < -0.3 is 5.32 Å². The van der Waals surface area contributed by atoms with Crippen molar-refractivity contribution in [1.82, 2.24) is 14.5 Å². The first-order valence-corrected chi connectivity index (χ1v) is 4.03. The molecule has 14 heavy (non-hydrogen) atoms. The summed E-state index contributed by atoms with van der Waals surface area (Å²) in [5, 5.41) is 2.39. The first kappa shape index (κ1) is 10.2. The largest absolute Gasteiger partial charge is 0.358 e. The molecule has 0 saturated heterocycles. The van der Waals surface area contributed by atoms with Crippen molar-refractivity contribution < 1.29 is 4.79 Å². The van der Waals surface area contributed by atoms with Gasteiger partial charge in [0.2, 0.25) is 5.91 Å². The maximum Gasteiger partial charge on any atom is 0.331 e.